The minimum absolute atomic E-state index is 1.11. The fourth-order valence-corrected chi connectivity index (χ4v) is 2.26. The zero-order chi connectivity index (χ0) is 10.3. The van der Waals surface area contributed by atoms with Gasteiger partial charge < -0.3 is 0 Å². The standard InChI is InChI=1S/C15H13/c1-2-11-7-8-14-9-12-5-3-4-6-13(12)10-15(11)14/h3-10H,2H2,1H3. The summed E-state index contributed by atoms with van der Waals surface area (Å²) >= 11 is 0. The van der Waals surface area contributed by atoms with Gasteiger partial charge in [-0.1, -0.05) is 43.3 Å². The molecule has 0 heteroatoms. The van der Waals surface area contributed by atoms with E-state index in [4.69, 9.17) is 0 Å². The molecule has 73 valence electrons. The van der Waals surface area contributed by atoms with E-state index in [-0.39, 0.29) is 0 Å². The van der Waals surface area contributed by atoms with Crippen molar-refractivity contribution in [3.05, 3.63) is 59.5 Å². The second-order valence-electron chi connectivity index (χ2n) is 4.00. The van der Waals surface area contributed by atoms with Gasteiger partial charge in [0.25, 0.3) is 0 Å². The van der Waals surface area contributed by atoms with Crippen molar-refractivity contribution >= 4 is 16.8 Å². The Balaban J connectivity index is 2.27. The van der Waals surface area contributed by atoms with Gasteiger partial charge in [0.15, 0.2) is 0 Å². The number of hydrogen-bond acceptors (Lipinski definition) is 0. The maximum Gasteiger partial charge on any atom is 0.0270 e. The zero-order valence-corrected chi connectivity index (χ0v) is 8.83. The van der Waals surface area contributed by atoms with Gasteiger partial charge in [-0.3, -0.25) is 0 Å². The highest BCUT2D eigenvalue weighted by Crippen LogP contribution is 2.34. The van der Waals surface area contributed by atoms with E-state index in [0.717, 1.165) is 6.42 Å². The maximum atomic E-state index is 2.31. The number of rotatable bonds is 1. The summed E-state index contributed by atoms with van der Waals surface area (Å²) in [6.07, 6.45) is 5.58. The molecular weight excluding hydrogens is 180 g/mol. The van der Waals surface area contributed by atoms with Crippen molar-refractivity contribution < 1.29 is 0 Å². The first kappa shape index (κ1) is 8.72. The molecule has 0 amide bonds. The van der Waals surface area contributed by atoms with Gasteiger partial charge in [0.1, 0.15) is 0 Å². The van der Waals surface area contributed by atoms with E-state index < -0.39 is 0 Å². The number of hydrogen-bond donors (Lipinski definition) is 0. The monoisotopic (exact) mass is 193 g/mol. The molecule has 2 aromatic carbocycles. The van der Waals surface area contributed by atoms with Crippen molar-refractivity contribution in [2.45, 2.75) is 13.3 Å². The van der Waals surface area contributed by atoms with Crippen LogP contribution in [0.15, 0.2) is 42.5 Å². The summed E-state index contributed by atoms with van der Waals surface area (Å²) in [5.41, 5.74) is 2.78. The molecule has 15 heavy (non-hydrogen) atoms. The molecular formula is C15H13. The molecule has 0 nitrogen and oxygen atoms in total. The van der Waals surface area contributed by atoms with E-state index in [1.54, 1.807) is 0 Å². The molecule has 1 aliphatic carbocycles. The van der Waals surface area contributed by atoms with E-state index in [0.29, 0.717) is 0 Å². The van der Waals surface area contributed by atoms with E-state index in [1.165, 1.54) is 27.8 Å². The maximum absolute atomic E-state index is 2.31. The van der Waals surface area contributed by atoms with Crippen LogP contribution in [0.5, 0.6) is 0 Å². The Labute approximate surface area is 90.2 Å². The Morgan fingerprint density at radius 2 is 1.67 bits per heavy atom. The van der Waals surface area contributed by atoms with Crippen molar-refractivity contribution in [3.8, 4) is 0 Å². The van der Waals surface area contributed by atoms with Crippen LogP contribution in [0.3, 0.4) is 0 Å². The average Bonchev–Trinajstić information content (AvgIpc) is 2.68. The molecule has 0 unspecified atom stereocenters. The normalized spacial score (nSPS) is 14.7. The lowest BCUT2D eigenvalue weighted by atomic mass is 9.95. The van der Waals surface area contributed by atoms with E-state index in [1.807, 2.05) is 0 Å². The van der Waals surface area contributed by atoms with E-state index in [2.05, 4.69) is 55.5 Å². The van der Waals surface area contributed by atoms with Crippen LogP contribution < -0.4 is 0 Å². The van der Waals surface area contributed by atoms with Crippen LogP contribution in [0, 0.1) is 5.92 Å². The van der Waals surface area contributed by atoms with Gasteiger partial charge in [0.2, 0.25) is 0 Å². The summed E-state index contributed by atoms with van der Waals surface area (Å²) in [5, 5.41) is 2.67. The lowest BCUT2D eigenvalue weighted by Gasteiger charge is -2.08. The highest BCUT2D eigenvalue weighted by atomic mass is 14.2. The predicted molar refractivity (Wildman–Crippen MR) is 65.6 cm³/mol. The van der Waals surface area contributed by atoms with E-state index in [9.17, 15) is 0 Å². The molecule has 0 saturated carbocycles. The van der Waals surface area contributed by atoms with Crippen LogP contribution >= 0.6 is 0 Å². The van der Waals surface area contributed by atoms with Crippen molar-refractivity contribution in [1.82, 2.24) is 0 Å². The SMILES string of the molecule is CC[C]1C=Cc2cc3ccccc3cc21. The Hall–Kier alpha value is -1.56. The molecule has 0 aliphatic heterocycles. The molecule has 3 rings (SSSR count). The predicted octanol–water partition coefficient (Wildman–Crippen LogP) is 4.20. The van der Waals surface area contributed by atoms with E-state index >= 15 is 0 Å². The quantitative estimate of drug-likeness (QED) is 0.636. The van der Waals surface area contributed by atoms with Crippen LogP contribution in [0.2, 0.25) is 0 Å². The molecule has 0 bridgehead atoms. The largest absolute Gasteiger partial charge is 0.0721 e. The third kappa shape index (κ3) is 1.29. The molecule has 0 aromatic heterocycles. The second-order valence-corrected chi connectivity index (χ2v) is 4.00. The lowest BCUT2D eigenvalue weighted by molar-refractivity contribution is 1.03. The minimum atomic E-state index is 1.11. The third-order valence-electron chi connectivity index (χ3n) is 3.11. The van der Waals surface area contributed by atoms with Gasteiger partial charge in [-0.05, 0) is 40.5 Å². The van der Waals surface area contributed by atoms with Crippen molar-refractivity contribution in [2.24, 2.45) is 0 Å². The molecule has 0 fully saturated rings. The van der Waals surface area contributed by atoms with Crippen LogP contribution in [-0.2, 0) is 0 Å². The molecule has 1 radical (unpaired) electrons. The topological polar surface area (TPSA) is 0 Å². The molecule has 0 heterocycles. The highest BCUT2D eigenvalue weighted by molar-refractivity contribution is 5.88. The molecule has 0 saturated heterocycles. The minimum Gasteiger partial charge on any atom is -0.0721 e. The summed E-state index contributed by atoms with van der Waals surface area (Å²) in [4.78, 5) is 0. The van der Waals surface area contributed by atoms with Crippen LogP contribution in [0.1, 0.15) is 24.5 Å². The first-order chi connectivity index (χ1) is 7.38. The lowest BCUT2D eigenvalue weighted by Crippen LogP contribution is -1.91. The van der Waals surface area contributed by atoms with Gasteiger partial charge >= 0.3 is 0 Å². The summed E-state index contributed by atoms with van der Waals surface area (Å²) < 4.78 is 0. The summed E-state index contributed by atoms with van der Waals surface area (Å²) in [6, 6.07) is 13.1. The second kappa shape index (κ2) is 3.23. The summed E-state index contributed by atoms with van der Waals surface area (Å²) in [6.45, 7) is 2.21. The summed E-state index contributed by atoms with van der Waals surface area (Å²) in [7, 11) is 0. The molecule has 0 spiro atoms. The number of benzene rings is 2. The summed E-state index contributed by atoms with van der Waals surface area (Å²) in [5.74, 6) is 1.45. The van der Waals surface area contributed by atoms with Gasteiger partial charge in [0, 0.05) is 5.92 Å². The van der Waals surface area contributed by atoms with Gasteiger partial charge in [-0.15, -0.1) is 0 Å². The molecule has 1 aliphatic rings. The van der Waals surface area contributed by atoms with Gasteiger partial charge in [-0.2, -0.15) is 0 Å². The molecule has 0 atom stereocenters. The number of allylic oxidation sites excluding steroid dienone is 1. The van der Waals surface area contributed by atoms with Crippen molar-refractivity contribution in [2.75, 3.05) is 0 Å². The first-order valence-electron chi connectivity index (χ1n) is 5.45. The Bertz CT molecular complexity index is 535. The number of fused-ring (bicyclic) bond motifs is 2. The molecule has 0 N–H and O–H groups in total. The first-order valence-corrected chi connectivity index (χ1v) is 5.45. The van der Waals surface area contributed by atoms with Crippen molar-refractivity contribution in [3.63, 3.8) is 0 Å². The molecule has 2 aromatic rings. The van der Waals surface area contributed by atoms with Gasteiger partial charge in [-0.25, -0.2) is 0 Å². The van der Waals surface area contributed by atoms with Crippen LogP contribution in [-0.4, -0.2) is 0 Å². The highest BCUT2D eigenvalue weighted by Gasteiger charge is 2.16. The Morgan fingerprint density at radius 1 is 0.933 bits per heavy atom. The van der Waals surface area contributed by atoms with Crippen molar-refractivity contribution in [1.29, 1.82) is 0 Å². The van der Waals surface area contributed by atoms with Crippen LogP contribution in [0.25, 0.3) is 16.8 Å². The zero-order valence-electron chi connectivity index (χ0n) is 8.83. The Kier molecular flexibility index (Phi) is 1.88. The van der Waals surface area contributed by atoms with Gasteiger partial charge in [0.05, 0.1) is 0 Å². The smallest absolute Gasteiger partial charge is 0.0270 e. The fourth-order valence-electron chi connectivity index (χ4n) is 2.26. The average molecular weight is 193 g/mol. The fraction of sp³-hybridized carbons (Fsp3) is 0.133. The Morgan fingerprint density at radius 3 is 2.40 bits per heavy atom. The van der Waals surface area contributed by atoms with Crippen LogP contribution in [0.4, 0.5) is 0 Å². The third-order valence-corrected chi connectivity index (χ3v) is 3.11.